The van der Waals surface area contributed by atoms with Crippen molar-refractivity contribution in [1.82, 2.24) is 20.4 Å². The SMILES string of the molecule is CCNC(=NCC1CCCN1CCOC)NC1CCN(C(=O)C2CCCCC2)C1.I. The molecule has 1 saturated carbocycles. The fourth-order valence-corrected chi connectivity index (χ4v) is 5.00. The van der Waals surface area contributed by atoms with Crippen molar-refractivity contribution in [2.75, 3.05) is 53.0 Å². The van der Waals surface area contributed by atoms with Crippen LogP contribution in [0.4, 0.5) is 0 Å². The van der Waals surface area contributed by atoms with Gasteiger partial charge in [-0.15, -0.1) is 24.0 Å². The van der Waals surface area contributed by atoms with Gasteiger partial charge >= 0.3 is 0 Å². The lowest BCUT2D eigenvalue weighted by Crippen LogP contribution is -2.46. The second-order valence-electron chi connectivity index (χ2n) is 8.79. The van der Waals surface area contributed by atoms with Crippen LogP contribution in [-0.2, 0) is 9.53 Å². The molecular weight excluding hydrogens is 493 g/mol. The number of hydrogen-bond donors (Lipinski definition) is 2. The Morgan fingerprint density at radius 3 is 2.63 bits per heavy atom. The lowest BCUT2D eigenvalue weighted by Gasteiger charge is -2.26. The summed E-state index contributed by atoms with van der Waals surface area (Å²) < 4.78 is 5.24. The Kier molecular flexibility index (Phi) is 11.7. The predicted molar refractivity (Wildman–Crippen MR) is 133 cm³/mol. The maximum atomic E-state index is 12.8. The average Bonchev–Trinajstić information content (AvgIpc) is 3.40. The van der Waals surface area contributed by atoms with Gasteiger partial charge in [-0.05, 0) is 45.6 Å². The van der Waals surface area contributed by atoms with Crippen LogP contribution in [0.2, 0.25) is 0 Å². The molecule has 2 N–H and O–H groups in total. The quantitative estimate of drug-likeness (QED) is 0.284. The number of methoxy groups -OCH3 is 1. The first-order valence-electron chi connectivity index (χ1n) is 11.8. The summed E-state index contributed by atoms with van der Waals surface area (Å²) in [5, 5.41) is 6.98. The van der Waals surface area contributed by atoms with Crippen molar-refractivity contribution in [3.63, 3.8) is 0 Å². The van der Waals surface area contributed by atoms with E-state index in [0.717, 1.165) is 71.1 Å². The number of guanidine groups is 1. The van der Waals surface area contributed by atoms with Crippen LogP contribution in [0.15, 0.2) is 4.99 Å². The normalized spacial score (nSPS) is 25.9. The van der Waals surface area contributed by atoms with Gasteiger partial charge in [0.25, 0.3) is 0 Å². The summed E-state index contributed by atoms with van der Waals surface area (Å²) in [6, 6.07) is 0.807. The van der Waals surface area contributed by atoms with E-state index in [0.29, 0.717) is 18.0 Å². The number of ether oxygens (including phenoxy) is 1. The smallest absolute Gasteiger partial charge is 0.225 e. The van der Waals surface area contributed by atoms with E-state index in [1.54, 1.807) is 7.11 Å². The molecule has 0 radical (unpaired) electrons. The fraction of sp³-hybridized carbons (Fsp3) is 0.909. The van der Waals surface area contributed by atoms with Crippen LogP contribution < -0.4 is 10.6 Å². The minimum atomic E-state index is 0. The second kappa shape index (κ2) is 13.7. The molecule has 0 aromatic rings. The number of carbonyl (C=O) groups excluding carboxylic acids is 1. The van der Waals surface area contributed by atoms with Crippen LogP contribution in [-0.4, -0.2) is 86.7 Å². The van der Waals surface area contributed by atoms with Crippen molar-refractivity contribution >= 4 is 35.8 Å². The summed E-state index contributed by atoms with van der Waals surface area (Å²) in [6.07, 6.45) is 9.34. The monoisotopic (exact) mass is 535 g/mol. The van der Waals surface area contributed by atoms with Crippen LogP contribution in [0.5, 0.6) is 0 Å². The highest BCUT2D eigenvalue weighted by atomic mass is 127. The van der Waals surface area contributed by atoms with Crippen LogP contribution in [0.1, 0.15) is 58.3 Å². The Labute approximate surface area is 199 Å². The topological polar surface area (TPSA) is 69.2 Å². The molecule has 0 aromatic heterocycles. The van der Waals surface area contributed by atoms with Crippen LogP contribution >= 0.6 is 24.0 Å². The van der Waals surface area contributed by atoms with E-state index in [1.807, 2.05) is 0 Å². The first-order valence-corrected chi connectivity index (χ1v) is 11.8. The average molecular weight is 536 g/mol. The number of halogens is 1. The molecule has 2 aliphatic heterocycles. The van der Waals surface area contributed by atoms with Crippen LogP contribution in [0.25, 0.3) is 0 Å². The van der Waals surface area contributed by atoms with Gasteiger partial charge in [0.15, 0.2) is 5.96 Å². The third kappa shape index (κ3) is 7.51. The van der Waals surface area contributed by atoms with Crippen molar-refractivity contribution in [2.45, 2.75) is 70.4 Å². The molecule has 0 spiro atoms. The Morgan fingerprint density at radius 1 is 1.10 bits per heavy atom. The maximum absolute atomic E-state index is 12.8. The maximum Gasteiger partial charge on any atom is 0.225 e. The molecule has 0 aromatic carbocycles. The summed E-state index contributed by atoms with van der Waals surface area (Å²) in [4.78, 5) is 22.3. The molecule has 3 rings (SSSR count). The molecule has 174 valence electrons. The summed E-state index contributed by atoms with van der Waals surface area (Å²) >= 11 is 0. The summed E-state index contributed by atoms with van der Waals surface area (Å²) in [5.41, 5.74) is 0. The molecule has 2 atom stereocenters. The molecule has 2 unspecified atom stereocenters. The highest BCUT2D eigenvalue weighted by Crippen LogP contribution is 2.26. The molecule has 3 aliphatic rings. The van der Waals surface area contributed by atoms with E-state index in [4.69, 9.17) is 9.73 Å². The molecule has 1 amide bonds. The molecular formula is C22H42IN5O2. The first kappa shape index (κ1) is 25.6. The summed E-state index contributed by atoms with van der Waals surface area (Å²) in [7, 11) is 1.76. The van der Waals surface area contributed by atoms with Crippen molar-refractivity contribution in [1.29, 1.82) is 0 Å². The fourth-order valence-electron chi connectivity index (χ4n) is 5.00. The molecule has 0 bridgehead atoms. The number of nitrogens with one attached hydrogen (secondary N) is 2. The van der Waals surface area contributed by atoms with Crippen LogP contribution in [0.3, 0.4) is 0 Å². The van der Waals surface area contributed by atoms with Gasteiger partial charge in [0.1, 0.15) is 0 Å². The highest BCUT2D eigenvalue weighted by Gasteiger charge is 2.32. The zero-order chi connectivity index (χ0) is 20.5. The summed E-state index contributed by atoms with van der Waals surface area (Å²) in [5.74, 6) is 1.54. The van der Waals surface area contributed by atoms with Gasteiger partial charge in [0.2, 0.25) is 5.91 Å². The van der Waals surface area contributed by atoms with E-state index < -0.39 is 0 Å². The molecule has 7 nitrogen and oxygen atoms in total. The first-order chi connectivity index (χ1) is 14.2. The predicted octanol–water partition coefficient (Wildman–Crippen LogP) is 2.45. The summed E-state index contributed by atoms with van der Waals surface area (Å²) in [6.45, 7) is 8.37. The van der Waals surface area contributed by atoms with Gasteiger partial charge in [-0.1, -0.05) is 19.3 Å². The molecule has 2 saturated heterocycles. The lowest BCUT2D eigenvalue weighted by atomic mass is 9.88. The van der Waals surface area contributed by atoms with Gasteiger partial charge in [-0.25, -0.2) is 0 Å². The zero-order valence-corrected chi connectivity index (χ0v) is 21.2. The number of likely N-dealkylation sites (tertiary alicyclic amines) is 2. The van der Waals surface area contributed by atoms with Crippen molar-refractivity contribution in [3.05, 3.63) is 0 Å². The van der Waals surface area contributed by atoms with Gasteiger partial charge in [-0.2, -0.15) is 0 Å². The lowest BCUT2D eigenvalue weighted by molar-refractivity contribution is -0.135. The number of amides is 1. The van der Waals surface area contributed by atoms with Gasteiger partial charge in [-0.3, -0.25) is 14.7 Å². The largest absolute Gasteiger partial charge is 0.383 e. The standard InChI is InChI=1S/C22H41N5O2.HI/c1-3-23-22(24-16-20-10-7-12-26(20)14-15-29-2)25-19-11-13-27(17-19)21(28)18-8-5-4-6-9-18;/h18-20H,3-17H2,1-2H3,(H2,23,24,25);1H. The van der Waals surface area contributed by atoms with Crippen molar-refractivity contribution in [3.8, 4) is 0 Å². The number of aliphatic imine (C=N–C) groups is 1. The Hall–Kier alpha value is -0.610. The zero-order valence-electron chi connectivity index (χ0n) is 18.9. The number of nitrogens with zero attached hydrogens (tertiary/aromatic N) is 3. The Morgan fingerprint density at radius 2 is 1.90 bits per heavy atom. The molecule has 1 aliphatic carbocycles. The Bertz CT molecular complexity index is 542. The van der Waals surface area contributed by atoms with Gasteiger partial charge < -0.3 is 20.3 Å². The van der Waals surface area contributed by atoms with E-state index in [2.05, 4.69) is 27.4 Å². The molecule has 8 heteroatoms. The van der Waals surface area contributed by atoms with Gasteiger partial charge in [0.05, 0.1) is 13.2 Å². The van der Waals surface area contributed by atoms with Gasteiger partial charge in [0, 0.05) is 51.3 Å². The minimum Gasteiger partial charge on any atom is -0.383 e. The number of hydrogen-bond acceptors (Lipinski definition) is 4. The van der Waals surface area contributed by atoms with Crippen molar-refractivity contribution in [2.24, 2.45) is 10.9 Å². The number of carbonyl (C=O) groups is 1. The molecule has 3 fully saturated rings. The van der Waals surface area contributed by atoms with E-state index in [-0.39, 0.29) is 29.9 Å². The van der Waals surface area contributed by atoms with E-state index >= 15 is 0 Å². The Balaban J connectivity index is 0.00000320. The van der Waals surface area contributed by atoms with E-state index in [9.17, 15) is 4.79 Å². The minimum absolute atomic E-state index is 0. The number of rotatable bonds is 8. The van der Waals surface area contributed by atoms with E-state index in [1.165, 1.54) is 32.1 Å². The molecule has 2 heterocycles. The van der Waals surface area contributed by atoms with Crippen molar-refractivity contribution < 1.29 is 9.53 Å². The third-order valence-electron chi connectivity index (χ3n) is 6.68. The van der Waals surface area contributed by atoms with Crippen LogP contribution in [0, 0.1) is 5.92 Å². The third-order valence-corrected chi connectivity index (χ3v) is 6.68. The second-order valence-corrected chi connectivity index (χ2v) is 8.79. The highest BCUT2D eigenvalue weighted by molar-refractivity contribution is 14.0. The molecule has 30 heavy (non-hydrogen) atoms.